The standard InChI is InChI=1S/C19H26N2O4S2/c1-6-21(7-2)27(23,24)15-9-10-17(25-13(3)4)16(12-15)20-19(22)18-11-8-14(5)26-18/h8-13H,6-7H2,1-5H3,(H,20,22). The number of ether oxygens (including phenoxy) is 1. The predicted molar refractivity (Wildman–Crippen MR) is 109 cm³/mol. The fourth-order valence-corrected chi connectivity index (χ4v) is 4.82. The first-order chi connectivity index (χ1) is 12.7. The first kappa shape index (κ1) is 21.4. The fraction of sp³-hybridized carbons (Fsp3) is 0.421. The zero-order valence-electron chi connectivity index (χ0n) is 16.3. The Morgan fingerprint density at radius 3 is 2.37 bits per heavy atom. The molecular formula is C19H26N2O4S2. The number of hydrogen-bond donors (Lipinski definition) is 1. The molecule has 0 aliphatic rings. The molecule has 0 spiro atoms. The Kier molecular flexibility index (Phi) is 7.02. The third-order valence-corrected chi connectivity index (χ3v) is 6.91. The van der Waals surface area contributed by atoms with Crippen LogP contribution in [0.1, 0.15) is 42.2 Å². The van der Waals surface area contributed by atoms with Crippen LogP contribution in [0.4, 0.5) is 5.69 Å². The van der Waals surface area contributed by atoms with Gasteiger partial charge in [-0.1, -0.05) is 13.8 Å². The molecule has 1 aromatic carbocycles. The van der Waals surface area contributed by atoms with Gasteiger partial charge in [0.1, 0.15) is 5.75 Å². The van der Waals surface area contributed by atoms with Crippen molar-refractivity contribution in [3.63, 3.8) is 0 Å². The number of hydrogen-bond acceptors (Lipinski definition) is 5. The van der Waals surface area contributed by atoms with E-state index in [1.807, 2.05) is 26.8 Å². The second-order valence-corrected chi connectivity index (χ2v) is 9.50. The van der Waals surface area contributed by atoms with Crippen molar-refractivity contribution >= 4 is 33.0 Å². The summed E-state index contributed by atoms with van der Waals surface area (Å²) >= 11 is 1.38. The summed E-state index contributed by atoms with van der Waals surface area (Å²) in [5.41, 5.74) is 0.341. The Balaban J connectivity index is 2.44. The van der Waals surface area contributed by atoms with E-state index >= 15 is 0 Å². The second kappa shape index (κ2) is 8.86. The summed E-state index contributed by atoms with van der Waals surface area (Å²) in [5, 5.41) is 2.80. The molecule has 2 rings (SSSR count). The van der Waals surface area contributed by atoms with E-state index in [2.05, 4.69) is 5.32 Å². The van der Waals surface area contributed by atoms with Gasteiger partial charge in [-0.15, -0.1) is 11.3 Å². The van der Waals surface area contributed by atoms with E-state index in [4.69, 9.17) is 4.74 Å². The van der Waals surface area contributed by atoms with Crippen LogP contribution < -0.4 is 10.1 Å². The van der Waals surface area contributed by atoms with Gasteiger partial charge in [0.2, 0.25) is 10.0 Å². The van der Waals surface area contributed by atoms with Crippen molar-refractivity contribution in [2.75, 3.05) is 18.4 Å². The van der Waals surface area contributed by atoms with E-state index in [-0.39, 0.29) is 16.9 Å². The fourth-order valence-electron chi connectivity index (χ4n) is 2.58. The molecule has 0 saturated heterocycles. The Morgan fingerprint density at radius 1 is 1.19 bits per heavy atom. The summed E-state index contributed by atoms with van der Waals surface area (Å²) in [7, 11) is -3.64. The number of nitrogens with zero attached hydrogens (tertiary/aromatic N) is 1. The number of carbonyl (C=O) groups excluding carboxylic acids is 1. The molecule has 8 heteroatoms. The Bertz CT molecular complexity index is 900. The Hall–Kier alpha value is -1.90. The van der Waals surface area contributed by atoms with Crippen molar-refractivity contribution in [1.82, 2.24) is 4.31 Å². The number of nitrogens with one attached hydrogen (secondary N) is 1. The normalized spacial score (nSPS) is 11.8. The second-order valence-electron chi connectivity index (χ2n) is 6.28. The van der Waals surface area contributed by atoms with Gasteiger partial charge in [-0.05, 0) is 51.1 Å². The lowest BCUT2D eigenvalue weighted by Crippen LogP contribution is -2.30. The number of benzene rings is 1. The highest BCUT2D eigenvalue weighted by molar-refractivity contribution is 7.89. The lowest BCUT2D eigenvalue weighted by Gasteiger charge is -2.20. The van der Waals surface area contributed by atoms with Gasteiger partial charge in [-0.25, -0.2) is 8.42 Å². The van der Waals surface area contributed by atoms with Crippen LogP contribution in [0.25, 0.3) is 0 Å². The van der Waals surface area contributed by atoms with E-state index in [0.29, 0.717) is 29.4 Å². The number of amides is 1. The topological polar surface area (TPSA) is 75.7 Å². The van der Waals surface area contributed by atoms with E-state index in [9.17, 15) is 13.2 Å². The van der Waals surface area contributed by atoms with Crippen LogP contribution in [0, 0.1) is 6.92 Å². The average Bonchev–Trinajstić information content (AvgIpc) is 3.03. The summed E-state index contributed by atoms with van der Waals surface area (Å²) in [6.45, 7) is 9.99. The maximum atomic E-state index is 12.8. The van der Waals surface area contributed by atoms with Crippen molar-refractivity contribution in [3.8, 4) is 5.75 Å². The monoisotopic (exact) mass is 410 g/mol. The van der Waals surface area contributed by atoms with Gasteiger partial charge in [0, 0.05) is 18.0 Å². The summed E-state index contributed by atoms with van der Waals surface area (Å²) in [4.78, 5) is 14.3. The molecule has 0 fully saturated rings. The highest BCUT2D eigenvalue weighted by atomic mass is 32.2. The molecule has 1 amide bonds. The van der Waals surface area contributed by atoms with Crippen LogP contribution in [0.5, 0.6) is 5.75 Å². The molecule has 0 saturated carbocycles. The summed E-state index contributed by atoms with van der Waals surface area (Å²) in [6.07, 6.45) is -0.116. The lowest BCUT2D eigenvalue weighted by atomic mass is 10.2. The minimum absolute atomic E-state index is 0.116. The van der Waals surface area contributed by atoms with Gasteiger partial charge in [-0.3, -0.25) is 4.79 Å². The maximum absolute atomic E-state index is 12.8. The molecule has 0 aliphatic carbocycles. The Morgan fingerprint density at radius 2 is 1.85 bits per heavy atom. The third kappa shape index (κ3) is 5.09. The number of sulfonamides is 1. The molecule has 148 valence electrons. The summed E-state index contributed by atoms with van der Waals surface area (Å²) < 4.78 is 32.8. The number of anilines is 1. The first-order valence-corrected chi connectivity index (χ1v) is 11.1. The molecule has 1 N–H and O–H groups in total. The lowest BCUT2D eigenvalue weighted by molar-refractivity contribution is 0.102. The van der Waals surface area contributed by atoms with Gasteiger partial charge in [0.25, 0.3) is 5.91 Å². The van der Waals surface area contributed by atoms with Crippen LogP contribution in [0.2, 0.25) is 0 Å². The van der Waals surface area contributed by atoms with Crippen molar-refractivity contribution in [2.45, 2.75) is 45.6 Å². The van der Waals surface area contributed by atoms with E-state index < -0.39 is 10.0 Å². The van der Waals surface area contributed by atoms with Gasteiger partial charge in [0.15, 0.2) is 0 Å². The minimum Gasteiger partial charge on any atom is -0.489 e. The highest BCUT2D eigenvalue weighted by Gasteiger charge is 2.24. The predicted octanol–water partition coefficient (Wildman–Crippen LogP) is 4.13. The Labute approximate surface area is 165 Å². The molecule has 0 aliphatic heterocycles. The van der Waals surface area contributed by atoms with Crippen LogP contribution in [0.3, 0.4) is 0 Å². The highest BCUT2D eigenvalue weighted by Crippen LogP contribution is 2.31. The van der Waals surface area contributed by atoms with Gasteiger partial charge < -0.3 is 10.1 Å². The largest absolute Gasteiger partial charge is 0.489 e. The molecule has 0 bridgehead atoms. The van der Waals surface area contributed by atoms with Crippen LogP contribution >= 0.6 is 11.3 Å². The van der Waals surface area contributed by atoms with Crippen molar-refractivity contribution in [3.05, 3.63) is 40.1 Å². The quantitative estimate of drug-likeness (QED) is 0.710. The number of aryl methyl sites for hydroxylation is 1. The summed E-state index contributed by atoms with van der Waals surface area (Å²) in [5.74, 6) is 0.143. The zero-order valence-corrected chi connectivity index (χ0v) is 17.9. The molecular weight excluding hydrogens is 384 g/mol. The van der Waals surface area contributed by atoms with Crippen LogP contribution in [0.15, 0.2) is 35.2 Å². The van der Waals surface area contributed by atoms with Gasteiger partial charge >= 0.3 is 0 Å². The van der Waals surface area contributed by atoms with Crippen LogP contribution in [-0.2, 0) is 10.0 Å². The molecule has 2 aromatic rings. The maximum Gasteiger partial charge on any atom is 0.265 e. The number of thiophene rings is 1. The van der Waals surface area contributed by atoms with Crippen molar-refractivity contribution in [1.29, 1.82) is 0 Å². The van der Waals surface area contributed by atoms with E-state index in [1.165, 1.54) is 27.8 Å². The average molecular weight is 411 g/mol. The van der Waals surface area contributed by atoms with Crippen LogP contribution in [-0.4, -0.2) is 37.8 Å². The molecule has 1 heterocycles. The molecule has 6 nitrogen and oxygen atoms in total. The van der Waals surface area contributed by atoms with E-state index in [1.54, 1.807) is 26.0 Å². The molecule has 1 aromatic heterocycles. The zero-order chi connectivity index (χ0) is 20.2. The molecule has 0 radical (unpaired) electrons. The van der Waals surface area contributed by atoms with E-state index in [0.717, 1.165) is 4.88 Å². The third-order valence-electron chi connectivity index (χ3n) is 3.87. The minimum atomic E-state index is -3.64. The molecule has 27 heavy (non-hydrogen) atoms. The summed E-state index contributed by atoms with van der Waals surface area (Å²) in [6, 6.07) is 8.17. The smallest absolute Gasteiger partial charge is 0.265 e. The molecule has 0 atom stereocenters. The number of carbonyl (C=O) groups is 1. The SMILES string of the molecule is CCN(CC)S(=O)(=O)c1ccc(OC(C)C)c(NC(=O)c2ccc(C)s2)c1. The number of rotatable bonds is 8. The van der Waals surface area contributed by atoms with Crippen molar-refractivity contribution in [2.24, 2.45) is 0 Å². The van der Waals surface area contributed by atoms with Gasteiger partial charge in [0.05, 0.1) is 21.6 Å². The molecule has 0 unspecified atom stereocenters. The van der Waals surface area contributed by atoms with Gasteiger partial charge in [-0.2, -0.15) is 4.31 Å². The van der Waals surface area contributed by atoms with Crippen molar-refractivity contribution < 1.29 is 17.9 Å². The first-order valence-electron chi connectivity index (χ1n) is 8.87.